The van der Waals surface area contributed by atoms with Gasteiger partial charge in [0.15, 0.2) is 0 Å². The molecule has 1 aliphatic heterocycles. The first kappa shape index (κ1) is 11.4. The lowest BCUT2D eigenvalue weighted by molar-refractivity contribution is 0.0954. The molecule has 1 nitrogen and oxygen atoms in total. The average molecular weight is 209 g/mol. The normalized spacial score (nSPS) is 35.6. The van der Waals surface area contributed by atoms with Gasteiger partial charge in [-0.25, -0.2) is 0 Å². The van der Waals surface area contributed by atoms with Crippen molar-refractivity contribution < 1.29 is 0 Å². The average Bonchev–Trinajstić information content (AvgIpc) is 2.25. The Balaban J connectivity index is 1.80. The lowest BCUT2D eigenvalue weighted by atomic mass is 9.87. The molecule has 2 fully saturated rings. The molecule has 2 rings (SSSR count). The van der Waals surface area contributed by atoms with Crippen molar-refractivity contribution in [1.82, 2.24) is 4.90 Å². The number of hydrogen-bond donors (Lipinski definition) is 0. The smallest absolute Gasteiger partial charge is 0.00672 e. The molecule has 2 atom stereocenters. The van der Waals surface area contributed by atoms with Gasteiger partial charge >= 0.3 is 0 Å². The summed E-state index contributed by atoms with van der Waals surface area (Å²) < 4.78 is 0. The molecular formula is C14H27N. The summed E-state index contributed by atoms with van der Waals surface area (Å²) in [5.74, 6) is 1.95. The van der Waals surface area contributed by atoms with E-state index in [2.05, 4.69) is 18.7 Å². The van der Waals surface area contributed by atoms with Gasteiger partial charge in [0.1, 0.15) is 0 Å². The van der Waals surface area contributed by atoms with Crippen molar-refractivity contribution in [2.24, 2.45) is 11.8 Å². The van der Waals surface area contributed by atoms with Crippen LogP contribution in [0.1, 0.15) is 58.8 Å². The molecule has 1 saturated carbocycles. The SMILES string of the molecule is CC1CCC(C)N(CC2CCCCC2)C1. The standard InChI is InChI=1S/C14H27N/c1-12-8-9-13(2)15(10-12)11-14-6-4-3-5-7-14/h12-14H,3-11H2,1-2H3. The molecule has 2 unspecified atom stereocenters. The minimum atomic E-state index is 0.850. The van der Waals surface area contributed by atoms with E-state index in [0.717, 1.165) is 17.9 Å². The maximum atomic E-state index is 2.77. The molecule has 0 bridgehead atoms. The van der Waals surface area contributed by atoms with E-state index in [1.54, 1.807) is 0 Å². The van der Waals surface area contributed by atoms with Gasteiger partial charge in [-0.3, -0.25) is 0 Å². The van der Waals surface area contributed by atoms with Crippen molar-refractivity contribution in [2.75, 3.05) is 13.1 Å². The van der Waals surface area contributed by atoms with Gasteiger partial charge in [0.2, 0.25) is 0 Å². The molecule has 0 aromatic carbocycles. The number of likely N-dealkylation sites (tertiary alicyclic amines) is 1. The van der Waals surface area contributed by atoms with Gasteiger partial charge < -0.3 is 4.90 Å². The lowest BCUT2D eigenvalue weighted by Crippen LogP contribution is -2.43. The van der Waals surface area contributed by atoms with Crippen molar-refractivity contribution in [3.8, 4) is 0 Å². The fourth-order valence-electron chi connectivity index (χ4n) is 3.34. The highest BCUT2D eigenvalue weighted by Gasteiger charge is 2.25. The second-order valence-corrected chi connectivity index (χ2v) is 5.99. The molecule has 1 heterocycles. The number of piperidine rings is 1. The molecule has 0 spiro atoms. The fraction of sp³-hybridized carbons (Fsp3) is 1.00. The van der Waals surface area contributed by atoms with E-state index in [1.807, 2.05) is 0 Å². The fourth-order valence-corrected chi connectivity index (χ4v) is 3.34. The van der Waals surface area contributed by atoms with Gasteiger partial charge in [-0.2, -0.15) is 0 Å². The molecule has 0 amide bonds. The highest BCUT2D eigenvalue weighted by Crippen LogP contribution is 2.28. The summed E-state index contributed by atoms with van der Waals surface area (Å²) >= 11 is 0. The first-order valence-corrected chi connectivity index (χ1v) is 6.99. The van der Waals surface area contributed by atoms with Crippen LogP contribution < -0.4 is 0 Å². The molecule has 0 aromatic rings. The molecule has 88 valence electrons. The Bertz CT molecular complexity index is 184. The minimum Gasteiger partial charge on any atom is -0.300 e. The third kappa shape index (κ3) is 3.21. The first-order chi connectivity index (χ1) is 7.25. The largest absolute Gasteiger partial charge is 0.300 e. The van der Waals surface area contributed by atoms with Crippen LogP contribution in [0.5, 0.6) is 0 Å². The molecule has 1 aliphatic carbocycles. The number of hydrogen-bond acceptors (Lipinski definition) is 1. The summed E-state index contributed by atoms with van der Waals surface area (Å²) in [6.07, 6.45) is 10.3. The third-order valence-corrected chi connectivity index (χ3v) is 4.46. The lowest BCUT2D eigenvalue weighted by Gasteiger charge is -2.39. The molecule has 2 aliphatic rings. The molecule has 15 heavy (non-hydrogen) atoms. The Morgan fingerprint density at radius 2 is 1.67 bits per heavy atom. The number of rotatable bonds is 2. The minimum absolute atomic E-state index is 0.850. The van der Waals surface area contributed by atoms with E-state index >= 15 is 0 Å². The highest BCUT2D eigenvalue weighted by atomic mass is 15.2. The van der Waals surface area contributed by atoms with E-state index in [0.29, 0.717) is 0 Å². The van der Waals surface area contributed by atoms with E-state index in [9.17, 15) is 0 Å². The molecule has 1 saturated heterocycles. The summed E-state index contributed by atoms with van der Waals surface area (Å²) in [4.78, 5) is 2.77. The van der Waals surface area contributed by atoms with E-state index in [1.165, 1.54) is 58.0 Å². The van der Waals surface area contributed by atoms with Crippen molar-refractivity contribution in [1.29, 1.82) is 0 Å². The summed E-state index contributed by atoms with van der Waals surface area (Å²) in [5.41, 5.74) is 0. The zero-order chi connectivity index (χ0) is 10.7. The molecular weight excluding hydrogens is 182 g/mol. The van der Waals surface area contributed by atoms with Crippen LogP contribution in [0.4, 0.5) is 0 Å². The van der Waals surface area contributed by atoms with Crippen LogP contribution in [-0.4, -0.2) is 24.0 Å². The van der Waals surface area contributed by atoms with E-state index in [4.69, 9.17) is 0 Å². The van der Waals surface area contributed by atoms with Crippen molar-refractivity contribution in [3.63, 3.8) is 0 Å². The molecule has 1 heteroatoms. The van der Waals surface area contributed by atoms with Crippen LogP contribution in [0, 0.1) is 11.8 Å². The van der Waals surface area contributed by atoms with Crippen LogP contribution in [0.25, 0.3) is 0 Å². The van der Waals surface area contributed by atoms with Crippen molar-refractivity contribution >= 4 is 0 Å². The predicted octanol–water partition coefficient (Wildman–Crippen LogP) is 3.69. The van der Waals surface area contributed by atoms with E-state index < -0.39 is 0 Å². The van der Waals surface area contributed by atoms with Gasteiger partial charge in [-0.15, -0.1) is 0 Å². The second-order valence-electron chi connectivity index (χ2n) is 5.99. The van der Waals surface area contributed by atoms with Crippen LogP contribution in [-0.2, 0) is 0 Å². The van der Waals surface area contributed by atoms with Gasteiger partial charge in [0.25, 0.3) is 0 Å². The summed E-state index contributed by atoms with van der Waals surface area (Å²) in [6.45, 7) is 7.59. The van der Waals surface area contributed by atoms with Crippen LogP contribution in [0.2, 0.25) is 0 Å². The topological polar surface area (TPSA) is 3.24 Å². The Labute approximate surface area is 95.2 Å². The number of nitrogens with zero attached hydrogens (tertiary/aromatic N) is 1. The zero-order valence-electron chi connectivity index (χ0n) is 10.5. The maximum absolute atomic E-state index is 2.77. The van der Waals surface area contributed by atoms with Crippen LogP contribution in [0.15, 0.2) is 0 Å². The molecule has 0 N–H and O–H groups in total. The summed E-state index contributed by atoms with van der Waals surface area (Å²) in [5, 5.41) is 0. The quantitative estimate of drug-likeness (QED) is 0.670. The molecule has 0 radical (unpaired) electrons. The Morgan fingerprint density at radius 3 is 2.40 bits per heavy atom. The zero-order valence-corrected chi connectivity index (χ0v) is 10.5. The summed E-state index contributed by atoms with van der Waals surface area (Å²) in [7, 11) is 0. The van der Waals surface area contributed by atoms with Crippen molar-refractivity contribution in [3.05, 3.63) is 0 Å². The summed E-state index contributed by atoms with van der Waals surface area (Å²) in [6, 6.07) is 0.850. The second kappa shape index (κ2) is 5.34. The maximum Gasteiger partial charge on any atom is 0.00672 e. The van der Waals surface area contributed by atoms with Gasteiger partial charge in [-0.05, 0) is 44.4 Å². The van der Waals surface area contributed by atoms with Gasteiger partial charge in [-0.1, -0.05) is 26.2 Å². The first-order valence-electron chi connectivity index (χ1n) is 6.99. The van der Waals surface area contributed by atoms with Crippen molar-refractivity contribution in [2.45, 2.75) is 64.8 Å². The van der Waals surface area contributed by atoms with Crippen LogP contribution in [0.3, 0.4) is 0 Å². The predicted molar refractivity (Wildman–Crippen MR) is 66.0 cm³/mol. The van der Waals surface area contributed by atoms with Crippen LogP contribution >= 0.6 is 0 Å². The monoisotopic (exact) mass is 209 g/mol. The Hall–Kier alpha value is -0.0400. The van der Waals surface area contributed by atoms with E-state index in [-0.39, 0.29) is 0 Å². The Morgan fingerprint density at radius 1 is 0.933 bits per heavy atom. The molecule has 0 aromatic heterocycles. The Kier molecular flexibility index (Phi) is 4.07. The van der Waals surface area contributed by atoms with Gasteiger partial charge in [0.05, 0.1) is 0 Å². The third-order valence-electron chi connectivity index (χ3n) is 4.46. The highest BCUT2D eigenvalue weighted by molar-refractivity contribution is 4.79. The van der Waals surface area contributed by atoms with Gasteiger partial charge in [0, 0.05) is 19.1 Å².